The van der Waals surface area contributed by atoms with Crippen LogP contribution in [0.4, 0.5) is 5.69 Å². The van der Waals surface area contributed by atoms with Crippen LogP contribution in [0.2, 0.25) is 0 Å². The quantitative estimate of drug-likeness (QED) is 0.536. The van der Waals surface area contributed by atoms with Crippen LogP contribution in [0, 0.1) is 10.1 Å². The van der Waals surface area contributed by atoms with Gasteiger partial charge in [-0.15, -0.1) is 0 Å². The third-order valence-corrected chi connectivity index (χ3v) is 3.73. The Morgan fingerprint density at radius 1 is 1.13 bits per heavy atom. The van der Waals surface area contributed by atoms with E-state index >= 15 is 0 Å². The molecule has 0 aliphatic rings. The second-order valence-electron chi connectivity index (χ2n) is 5.29. The molecule has 0 aliphatic carbocycles. The molecular weight excluding hydrogens is 294 g/mol. The van der Waals surface area contributed by atoms with E-state index in [-0.39, 0.29) is 11.2 Å². The van der Waals surface area contributed by atoms with Crippen LogP contribution in [-0.2, 0) is 13.0 Å². The van der Waals surface area contributed by atoms with Crippen LogP contribution in [0.25, 0.3) is 10.9 Å². The summed E-state index contributed by atoms with van der Waals surface area (Å²) >= 11 is 0. The van der Waals surface area contributed by atoms with Gasteiger partial charge in [0.2, 0.25) is 0 Å². The lowest BCUT2D eigenvalue weighted by atomic mass is 10.1. The van der Waals surface area contributed by atoms with Gasteiger partial charge in [-0.3, -0.25) is 19.5 Å². The molecule has 0 bridgehead atoms. The van der Waals surface area contributed by atoms with Gasteiger partial charge in [0.1, 0.15) is 0 Å². The molecule has 0 spiro atoms. The third-order valence-electron chi connectivity index (χ3n) is 3.73. The Balaban J connectivity index is 1.79. The number of nitro groups is 1. The fourth-order valence-corrected chi connectivity index (χ4v) is 2.52. The van der Waals surface area contributed by atoms with Crippen molar-refractivity contribution in [3.63, 3.8) is 0 Å². The van der Waals surface area contributed by atoms with E-state index in [4.69, 9.17) is 0 Å². The first kappa shape index (κ1) is 14.9. The number of non-ortho nitro benzene ring substituents is 1. The van der Waals surface area contributed by atoms with Crippen LogP contribution in [0.5, 0.6) is 0 Å². The molecule has 6 heteroatoms. The van der Waals surface area contributed by atoms with Gasteiger partial charge < -0.3 is 0 Å². The average molecular weight is 309 g/mol. The Labute approximate surface area is 132 Å². The number of fused-ring (bicyclic) bond motifs is 1. The lowest BCUT2D eigenvalue weighted by molar-refractivity contribution is -0.384. The SMILES string of the molecule is O=c1c2ccc([N+](=O)[O-])cc2ncn1CCCc1ccccc1. The molecule has 2 aromatic carbocycles. The number of aryl methyl sites for hydroxylation is 2. The third kappa shape index (κ3) is 3.26. The maximum atomic E-state index is 12.4. The Morgan fingerprint density at radius 2 is 1.91 bits per heavy atom. The van der Waals surface area contributed by atoms with Gasteiger partial charge in [0.15, 0.2) is 0 Å². The fraction of sp³-hybridized carbons (Fsp3) is 0.176. The number of aromatic nitrogens is 2. The van der Waals surface area contributed by atoms with Crippen molar-refractivity contribution in [2.24, 2.45) is 0 Å². The number of hydrogen-bond acceptors (Lipinski definition) is 4. The second-order valence-corrected chi connectivity index (χ2v) is 5.29. The second kappa shape index (κ2) is 6.39. The van der Waals surface area contributed by atoms with Crippen LogP contribution >= 0.6 is 0 Å². The molecule has 0 atom stereocenters. The van der Waals surface area contributed by atoms with Gasteiger partial charge in [-0.2, -0.15) is 0 Å². The monoisotopic (exact) mass is 309 g/mol. The van der Waals surface area contributed by atoms with E-state index in [9.17, 15) is 14.9 Å². The number of hydrogen-bond donors (Lipinski definition) is 0. The van der Waals surface area contributed by atoms with E-state index in [2.05, 4.69) is 17.1 Å². The Hall–Kier alpha value is -3.02. The molecular formula is C17H15N3O3. The molecule has 0 unspecified atom stereocenters. The van der Waals surface area contributed by atoms with Gasteiger partial charge in [-0.05, 0) is 24.5 Å². The molecule has 116 valence electrons. The molecule has 0 radical (unpaired) electrons. The summed E-state index contributed by atoms with van der Waals surface area (Å²) in [6.45, 7) is 0.563. The normalized spacial score (nSPS) is 10.8. The molecule has 6 nitrogen and oxygen atoms in total. The van der Waals surface area contributed by atoms with Gasteiger partial charge in [-0.1, -0.05) is 30.3 Å². The first-order valence-electron chi connectivity index (χ1n) is 7.32. The molecule has 3 rings (SSSR count). The molecule has 0 fully saturated rings. The van der Waals surface area contributed by atoms with Crippen molar-refractivity contribution in [2.45, 2.75) is 19.4 Å². The van der Waals surface area contributed by atoms with Gasteiger partial charge in [0.25, 0.3) is 11.2 Å². The van der Waals surface area contributed by atoms with Crippen molar-refractivity contribution >= 4 is 16.6 Å². The number of nitrogens with zero attached hydrogens (tertiary/aromatic N) is 3. The van der Waals surface area contributed by atoms with E-state index in [0.29, 0.717) is 17.4 Å². The Bertz CT molecular complexity index is 904. The molecule has 0 aliphatic heterocycles. The number of benzene rings is 2. The summed E-state index contributed by atoms with van der Waals surface area (Å²) in [7, 11) is 0. The number of rotatable bonds is 5. The summed E-state index contributed by atoms with van der Waals surface area (Å²) in [5.74, 6) is 0. The molecule has 1 aromatic heterocycles. The molecule has 0 saturated carbocycles. The molecule has 0 saturated heterocycles. The van der Waals surface area contributed by atoms with Crippen molar-refractivity contribution in [1.29, 1.82) is 0 Å². The van der Waals surface area contributed by atoms with Crippen molar-refractivity contribution < 1.29 is 4.92 Å². The van der Waals surface area contributed by atoms with Crippen LogP contribution in [0.3, 0.4) is 0 Å². The van der Waals surface area contributed by atoms with E-state index in [1.807, 2.05) is 18.2 Å². The minimum Gasteiger partial charge on any atom is -0.299 e. The van der Waals surface area contributed by atoms with Crippen molar-refractivity contribution in [2.75, 3.05) is 0 Å². The topological polar surface area (TPSA) is 78.0 Å². The molecule has 0 amide bonds. The standard InChI is InChI=1S/C17H15N3O3/c21-17-15-9-8-14(20(22)23)11-16(15)18-12-19(17)10-4-7-13-5-2-1-3-6-13/h1-3,5-6,8-9,11-12H,4,7,10H2. The van der Waals surface area contributed by atoms with Crippen molar-refractivity contribution in [3.8, 4) is 0 Å². The highest BCUT2D eigenvalue weighted by molar-refractivity contribution is 5.79. The minimum absolute atomic E-state index is 0.0637. The zero-order valence-electron chi connectivity index (χ0n) is 12.4. The predicted molar refractivity (Wildman–Crippen MR) is 87.4 cm³/mol. The average Bonchev–Trinajstić information content (AvgIpc) is 2.57. The molecule has 23 heavy (non-hydrogen) atoms. The van der Waals surface area contributed by atoms with E-state index in [1.165, 1.54) is 30.1 Å². The Morgan fingerprint density at radius 3 is 2.65 bits per heavy atom. The lowest BCUT2D eigenvalue weighted by Crippen LogP contribution is -2.21. The van der Waals surface area contributed by atoms with Crippen LogP contribution < -0.4 is 5.56 Å². The van der Waals surface area contributed by atoms with Gasteiger partial charge in [0, 0.05) is 18.7 Å². The summed E-state index contributed by atoms with van der Waals surface area (Å²) in [4.78, 5) is 26.8. The largest absolute Gasteiger partial charge is 0.299 e. The van der Waals surface area contributed by atoms with Crippen LogP contribution in [0.1, 0.15) is 12.0 Å². The van der Waals surface area contributed by atoms with E-state index in [1.54, 1.807) is 4.57 Å². The lowest BCUT2D eigenvalue weighted by Gasteiger charge is -2.06. The van der Waals surface area contributed by atoms with Crippen LogP contribution in [0.15, 0.2) is 59.7 Å². The maximum Gasteiger partial charge on any atom is 0.271 e. The highest BCUT2D eigenvalue weighted by Crippen LogP contribution is 2.16. The molecule has 3 aromatic rings. The highest BCUT2D eigenvalue weighted by Gasteiger charge is 2.10. The summed E-state index contributed by atoms with van der Waals surface area (Å²) < 4.78 is 1.55. The van der Waals surface area contributed by atoms with E-state index < -0.39 is 4.92 Å². The first-order chi connectivity index (χ1) is 11.1. The first-order valence-corrected chi connectivity index (χ1v) is 7.32. The van der Waals surface area contributed by atoms with Crippen LogP contribution in [-0.4, -0.2) is 14.5 Å². The molecule has 0 N–H and O–H groups in total. The smallest absolute Gasteiger partial charge is 0.271 e. The van der Waals surface area contributed by atoms with Gasteiger partial charge >= 0.3 is 0 Å². The van der Waals surface area contributed by atoms with E-state index in [0.717, 1.165) is 12.8 Å². The fourth-order valence-electron chi connectivity index (χ4n) is 2.52. The zero-order chi connectivity index (χ0) is 16.2. The predicted octanol–water partition coefficient (Wildman–Crippen LogP) is 2.94. The summed E-state index contributed by atoms with van der Waals surface area (Å²) in [6, 6.07) is 14.2. The van der Waals surface area contributed by atoms with Gasteiger partial charge in [-0.25, -0.2) is 4.98 Å². The van der Waals surface area contributed by atoms with Crippen molar-refractivity contribution in [1.82, 2.24) is 9.55 Å². The Kier molecular flexibility index (Phi) is 4.14. The summed E-state index contributed by atoms with van der Waals surface area (Å²) in [5.41, 5.74) is 1.35. The maximum absolute atomic E-state index is 12.4. The molecule has 1 heterocycles. The number of nitro benzene ring substituents is 1. The van der Waals surface area contributed by atoms with Gasteiger partial charge in [0.05, 0.1) is 22.2 Å². The minimum atomic E-state index is -0.494. The van der Waals surface area contributed by atoms with Crippen molar-refractivity contribution in [3.05, 3.63) is 80.9 Å². The zero-order valence-corrected chi connectivity index (χ0v) is 12.4. The highest BCUT2D eigenvalue weighted by atomic mass is 16.6. The summed E-state index contributed by atoms with van der Waals surface area (Å²) in [6.07, 6.45) is 3.16. The summed E-state index contributed by atoms with van der Waals surface area (Å²) in [5, 5.41) is 11.2.